The number of carbonyl (C=O) groups excluding carboxylic acids is 1. The minimum atomic E-state index is -0.260. The van der Waals surface area contributed by atoms with Gasteiger partial charge in [0.25, 0.3) is 0 Å². The number of aryl methyl sites for hydroxylation is 1. The number of nitrogens with zero attached hydrogens (tertiary/aromatic N) is 1. The summed E-state index contributed by atoms with van der Waals surface area (Å²) < 4.78 is 12.9. The Morgan fingerprint density at radius 1 is 1.10 bits per heavy atom. The second-order valence-corrected chi connectivity index (χ2v) is 5.22. The van der Waals surface area contributed by atoms with Crippen LogP contribution >= 0.6 is 0 Å². The molecule has 0 fully saturated rings. The summed E-state index contributed by atoms with van der Waals surface area (Å²) in [4.78, 5) is 14.0. The zero-order valence-electron chi connectivity index (χ0n) is 12.4. The fourth-order valence-corrected chi connectivity index (χ4v) is 2.25. The van der Waals surface area contributed by atoms with Gasteiger partial charge in [0, 0.05) is 13.5 Å². The summed E-state index contributed by atoms with van der Waals surface area (Å²) in [5.74, 6) is -0.167. The largest absolute Gasteiger partial charge is 0.339 e. The predicted molar refractivity (Wildman–Crippen MR) is 82.3 cm³/mol. The number of halogens is 1. The van der Waals surface area contributed by atoms with Crippen LogP contribution in [-0.2, 0) is 11.2 Å². The first kappa shape index (κ1) is 15.2. The number of carbonyl (C=O) groups is 1. The van der Waals surface area contributed by atoms with Crippen molar-refractivity contribution in [1.29, 1.82) is 0 Å². The van der Waals surface area contributed by atoms with Crippen molar-refractivity contribution < 1.29 is 9.18 Å². The summed E-state index contributed by atoms with van der Waals surface area (Å²) in [7, 11) is 1.79. The molecular formula is C18H20FNO. The van der Waals surface area contributed by atoms with Crippen molar-refractivity contribution >= 4 is 5.91 Å². The molecule has 1 amide bonds. The van der Waals surface area contributed by atoms with Gasteiger partial charge in [-0.15, -0.1) is 0 Å². The molecule has 0 aliphatic rings. The zero-order chi connectivity index (χ0) is 15.2. The summed E-state index contributed by atoms with van der Waals surface area (Å²) >= 11 is 0. The number of benzene rings is 2. The molecule has 2 aromatic rings. The van der Waals surface area contributed by atoms with Gasteiger partial charge in [0.2, 0.25) is 5.91 Å². The lowest BCUT2D eigenvalue weighted by Crippen LogP contribution is -2.29. The molecule has 0 N–H and O–H groups in total. The molecule has 0 radical (unpaired) electrons. The molecule has 0 bridgehead atoms. The summed E-state index contributed by atoms with van der Waals surface area (Å²) in [5.41, 5.74) is 2.10. The quantitative estimate of drug-likeness (QED) is 0.813. The van der Waals surface area contributed by atoms with E-state index >= 15 is 0 Å². The fraction of sp³-hybridized carbons (Fsp3) is 0.278. The first-order valence-electron chi connectivity index (χ1n) is 7.13. The van der Waals surface area contributed by atoms with E-state index in [1.165, 1.54) is 12.1 Å². The smallest absolute Gasteiger partial charge is 0.223 e. The minimum Gasteiger partial charge on any atom is -0.339 e. The molecule has 0 spiro atoms. The van der Waals surface area contributed by atoms with Gasteiger partial charge in [-0.3, -0.25) is 4.79 Å². The van der Waals surface area contributed by atoms with E-state index in [1.807, 2.05) is 37.3 Å². The second kappa shape index (κ2) is 7.02. The van der Waals surface area contributed by atoms with Crippen LogP contribution < -0.4 is 0 Å². The van der Waals surface area contributed by atoms with Crippen molar-refractivity contribution in [3.63, 3.8) is 0 Å². The minimum absolute atomic E-state index is 0.0612. The van der Waals surface area contributed by atoms with E-state index < -0.39 is 0 Å². The molecule has 110 valence electrons. The third-order valence-corrected chi connectivity index (χ3v) is 3.80. The Bertz CT molecular complexity index is 580. The van der Waals surface area contributed by atoms with Crippen molar-refractivity contribution in [2.24, 2.45) is 0 Å². The van der Waals surface area contributed by atoms with Gasteiger partial charge in [0.05, 0.1) is 6.04 Å². The third-order valence-electron chi connectivity index (χ3n) is 3.80. The Kier molecular flexibility index (Phi) is 5.09. The van der Waals surface area contributed by atoms with Crippen LogP contribution in [0, 0.1) is 5.82 Å². The Morgan fingerprint density at radius 2 is 1.71 bits per heavy atom. The Hall–Kier alpha value is -2.16. The Balaban J connectivity index is 1.94. The van der Waals surface area contributed by atoms with Crippen LogP contribution in [0.25, 0.3) is 0 Å². The maximum Gasteiger partial charge on any atom is 0.223 e. The van der Waals surface area contributed by atoms with Crippen LogP contribution in [0.5, 0.6) is 0 Å². The van der Waals surface area contributed by atoms with Crippen LogP contribution in [0.4, 0.5) is 4.39 Å². The van der Waals surface area contributed by atoms with Crippen molar-refractivity contribution in [3.05, 3.63) is 71.5 Å². The molecule has 0 saturated carbocycles. The molecule has 0 aromatic heterocycles. The molecule has 2 rings (SSSR count). The summed E-state index contributed by atoms with van der Waals surface area (Å²) in [6.07, 6.45) is 1.21. The van der Waals surface area contributed by atoms with Crippen LogP contribution in [0.3, 0.4) is 0 Å². The standard InChI is InChI=1S/C18H20FNO/c1-14(16-9-11-17(19)12-10-16)20(2)18(21)13-8-15-6-4-3-5-7-15/h3-7,9-12,14H,8,13H2,1-2H3. The molecule has 21 heavy (non-hydrogen) atoms. The highest BCUT2D eigenvalue weighted by Crippen LogP contribution is 2.20. The number of hydrogen-bond acceptors (Lipinski definition) is 1. The highest BCUT2D eigenvalue weighted by molar-refractivity contribution is 5.76. The number of hydrogen-bond donors (Lipinski definition) is 0. The monoisotopic (exact) mass is 285 g/mol. The summed E-state index contributed by atoms with van der Waals surface area (Å²) in [6, 6.07) is 16.2. The second-order valence-electron chi connectivity index (χ2n) is 5.22. The van der Waals surface area contributed by atoms with Crippen molar-refractivity contribution in [1.82, 2.24) is 4.90 Å². The van der Waals surface area contributed by atoms with Gasteiger partial charge >= 0.3 is 0 Å². The lowest BCUT2D eigenvalue weighted by Gasteiger charge is -2.25. The lowest BCUT2D eigenvalue weighted by atomic mass is 10.1. The number of rotatable bonds is 5. The Morgan fingerprint density at radius 3 is 2.33 bits per heavy atom. The maximum atomic E-state index is 12.9. The average molecular weight is 285 g/mol. The van der Waals surface area contributed by atoms with E-state index in [1.54, 1.807) is 24.1 Å². The van der Waals surface area contributed by atoms with Gasteiger partial charge in [-0.25, -0.2) is 4.39 Å². The van der Waals surface area contributed by atoms with E-state index in [9.17, 15) is 9.18 Å². The average Bonchev–Trinajstić information content (AvgIpc) is 2.53. The van der Waals surface area contributed by atoms with Crippen molar-refractivity contribution in [2.45, 2.75) is 25.8 Å². The summed E-state index contributed by atoms with van der Waals surface area (Å²) in [6.45, 7) is 1.95. The van der Waals surface area contributed by atoms with Gasteiger partial charge in [-0.1, -0.05) is 42.5 Å². The van der Waals surface area contributed by atoms with Gasteiger partial charge in [-0.05, 0) is 36.6 Å². The first-order chi connectivity index (χ1) is 10.1. The van der Waals surface area contributed by atoms with Crippen LogP contribution in [-0.4, -0.2) is 17.9 Å². The molecule has 0 heterocycles. The van der Waals surface area contributed by atoms with E-state index in [-0.39, 0.29) is 17.8 Å². The Labute approximate surface area is 125 Å². The van der Waals surface area contributed by atoms with Crippen LogP contribution in [0.1, 0.15) is 30.5 Å². The van der Waals surface area contributed by atoms with E-state index in [2.05, 4.69) is 0 Å². The van der Waals surface area contributed by atoms with Gasteiger partial charge < -0.3 is 4.90 Å². The van der Waals surface area contributed by atoms with Gasteiger partial charge in [-0.2, -0.15) is 0 Å². The number of amides is 1. The van der Waals surface area contributed by atoms with Crippen LogP contribution in [0.2, 0.25) is 0 Å². The molecule has 2 aromatic carbocycles. The van der Waals surface area contributed by atoms with Crippen LogP contribution in [0.15, 0.2) is 54.6 Å². The molecule has 0 aliphatic heterocycles. The van der Waals surface area contributed by atoms with Crippen molar-refractivity contribution in [2.75, 3.05) is 7.05 Å². The van der Waals surface area contributed by atoms with Gasteiger partial charge in [0.1, 0.15) is 5.82 Å². The van der Waals surface area contributed by atoms with Gasteiger partial charge in [0.15, 0.2) is 0 Å². The fourth-order valence-electron chi connectivity index (χ4n) is 2.25. The molecule has 0 saturated heterocycles. The molecule has 1 unspecified atom stereocenters. The normalized spacial score (nSPS) is 12.0. The first-order valence-corrected chi connectivity index (χ1v) is 7.13. The third kappa shape index (κ3) is 4.15. The molecule has 1 atom stereocenters. The maximum absolute atomic E-state index is 12.9. The topological polar surface area (TPSA) is 20.3 Å². The lowest BCUT2D eigenvalue weighted by molar-refractivity contribution is -0.131. The SMILES string of the molecule is CC(c1ccc(F)cc1)N(C)C(=O)CCc1ccccc1. The van der Waals surface area contributed by atoms with E-state index in [0.29, 0.717) is 6.42 Å². The van der Waals surface area contributed by atoms with E-state index in [4.69, 9.17) is 0 Å². The molecule has 2 nitrogen and oxygen atoms in total. The highest BCUT2D eigenvalue weighted by Gasteiger charge is 2.17. The summed E-state index contributed by atoms with van der Waals surface area (Å²) in [5, 5.41) is 0. The molecule has 3 heteroatoms. The van der Waals surface area contributed by atoms with Crippen molar-refractivity contribution in [3.8, 4) is 0 Å². The molecular weight excluding hydrogens is 265 g/mol. The molecule has 0 aliphatic carbocycles. The van der Waals surface area contributed by atoms with E-state index in [0.717, 1.165) is 17.5 Å². The zero-order valence-corrected chi connectivity index (χ0v) is 12.4. The highest BCUT2D eigenvalue weighted by atomic mass is 19.1. The predicted octanol–water partition coefficient (Wildman–Crippen LogP) is 3.98.